The number of sulfonamides is 1. The second-order valence-electron chi connectivity index (χ2n) is 4.85. The highest BCUT2D eigenvalue weighted by atomic mass is 32.2. The maximum absolute atomic E-state index is 13.7. The number of aliphatic hydroxyl groups excluding tert-OH is 1. The molecular formula is C13H17F2NO3S. The third kappa shape index (κ3) is 2.99. The van der Waals surface area contributed by atoms with Gasteiger partial charge in [-0.3, -0.25) is 0 Å². The summed E-state index contributed by atoms with van der Waals surface area (Å²) in [4.78, 5) is -0.637. The van der Waals surface area contributed by atoms with Crippen LogP contribution >= 0.6 is 0 Å². The maximum Gasteiger partial charge on any atom is 0.246 e. The first kappa shape index (κ1) is 15.3. The Labute approximate surface area is 117 Å². The van der Waals surface area contributed by atoms with Crippen LogP contribution in [-0.4, -0.2) is 37.0 Å². The molecule has 0 saturated carbocycles. The van der Waals surface area contributed by atoms with Crippen LogP contribution in [0.15, 0.2) is 23.1 Å². The van der Waals surface area contributed by atoms with Gasteiger partial charge in [-0.1, -0.05) is 6.42 Å². The molecule has 1 aliphatic rings. The molecule has 1 heterocycles. The molecule has 0 aromatic heterocycles. The fourth-order valence-corrected chi connectivity index (χ4v) is 4.33. The molecule has 2 rings (SSSR count). The lowest BCUT2D eigenvalue weighted by molar-refractivity contribution is 0.192. The summed E-state index contributed by atoms with van der Waals surface area (Å²) < 4.78 is 53.1. The topological polar surface area (TPSA) is 57.6 Å². The van der Waals surface area contributed by atoms with Gasteiger partial charge in [0.2, 0.25) is 10.0 Å². The minimum atomic E-state index is -4.08. The van der Waals surface area contributed by atoms with Gasteiger partial charge in [-0.05, 0) is 37.5 Å². The Balaban J connectivity index is 2.39. The van der Waals surface area contributed by atoms with E-state index >= 15 is 0 Å². The van der Waals surface area contributed by atoms with Gasteiger partial charge >= 0.3 is 0 Å². The molecule has 1 aliphatic heterocycles. The molecule has 1 N–H and O–H groups in total. The number of nitrogens with zero attached hydrogens (tertiary/aromatic N) is 1. The van der Waals surface area contributed by atoms with Gasteiger partial charge in [0.1, 0.15) is 16.5 Å². The molecule has 1 fully saturated rings. The summed E-state index contributed by atoms with van der Waals surface area (Å²) in [6, 6.07) is 2.04. The first-order valence-corrected chi connectivity index (χ1v) is 7.98. The van der Waals surface area contributed by atoms with Crippen molar-refractivity contribution in [2.45, 2.75) is 36.6 Å². The molecule has 0 bridgehead atoms. The average molecular weight is 305 g/mol. The van der Waals surface area contributed by atoms with Crippen molar-refractivity contribution in [1.29, 1.82) is 0 Å². The van der Waals surface area contributed by atoms with Crippen molar-refractivity contribution in [3.05, 3.63) is 29.8 Å². The lowest BCUT2D eigenvalue weighted by atomic mass is 10.0. The predicted molar refractivity (Wildman–Crippen MR) is 69.6 cm³/mol. The summed E-state index contributed by atoms with van der Waals surface area (Å²) >= 11 is 0. The molecule has 4 nitrogen and oxygen atoms in total. The number of aliphatic hydroxyl groups is 1. The van der Waals surface area contributed by atoms with Crippen LogP contribution < -0.4 is 0 Å². The van der Waals surface area contributed by atoms with Crippen LogP contribution in [0.5, 0.6) is 0 Å². The second kappa shape index (κ2) is 6.15. The highest BCUT2D eigenvalue weighted by Gasteiger charge is 2.34. The highest BCUT2D eigenvalue weighted by molar-refractivity contribution is 7.89. The van der Waals surface area contributed by atoms with Crippen LogP contribution in [0.25, 0.3) is 0 Å². The standard InChI is InChI=1S/C13H17F2NO3S/c14-10-4-5-12(15)13(9-10)20(18,19)16-7-2-1-3-11(16)6-8-17/h4-5,9,11,17H,1-3,6-8H2. The van der Waals surface area contributed by atoms with Crippen LogP contribution in [0.1, 0.15) is 25.7 Å². The average Bonchev–Trinajstić information content (AvgIpc) is 2.42. The molecule has 1 aromatic carbocycles. The van der Waals surface area contributed by atoms with E-state index in [0.29, 0.717) is 25.3 Å². The molecule has 0 amide bonds. The first-order chi connectivity index (χ1) is 9.46. The van der Waals surface area contributed by atoms with Crippen molar-refractivity contribution in [3.63, 3.8) is 0 Å². The van der Waals surface area contributed by atoms with E-state index in [9.17, 15) is 17.2 Å². The Morgan fingerprint density at radius 2 is 2.05 bits per heavy atom. The van der Waals surface area contributed by atoms with Crippen LogP contribution in [0.2, 0.25) is 0 Å². The minimum absolute atomic E-state index is 0.137. The minimum Gasteiger partial charge on any atom is -0.396 e. The second-order valence-corrected chi connectivity index (χ2v) is 6.71. The summed E-state index contributed by atoms with van der Waals surface area (Å²) in [6.45, 7) is 0.130. The van der Waals surface area contributed by atoms with E-state index in [0.717, 1.165) is 18.6 Å². The van der Waals surface area contributed by atoms with E-state index in [1.165, 1.54) is 4.31 Å². The van der Waals surface area contributed by atoms with Crippen molar-refractivity contribution >= 4 is 10.0 Å². The first-order valence-electron chi connectivity index (χ1n) is 6.54. The van der Waals surface area contributed by atoms with Gasteiger partial charge in [-0.25, -0.2) is 17.2 Å². The maximum atomic E-state index is 13.7. The van der Waals surface area contributed by atoms with Crippen LogP contribution in [0.4, 0.5) is 8.78 Å². The molecule has 0 aliphatic carbocycles. The van der Waals surface area contributed by atoms with Gasteiger partial charge in [0.15, 0.2) is 0 Å². The van der Waals surface area contributed by atoms with Crippen molar-refractivity contribution < 1.29 is 22.3 Å². The molecular weight excluding hydrogens is 288 g/mol. The number of piperidine rings is 1. The molecule has 7 heteroatoms. The van der Waals surface area contributed by atoms with Gasteiger partial charge in [-0.15, -0.1) is 0 Å². The normalized spacial score (nSPS) is 21.1. The highest BCUT2D eigenvalue weighted by Crippen LogP contribution is 2.28. The van der Waals surface area contributed by atoms with E-state index in [4.69, 9.17) is 5.11 Å². The summed E-state index contributed by atoms with van der Waals surface area (Å²) in [5, 5.41) is 9.02. The summed E-state index contributed by atoms with van der Waals surface area (Å²) in [7, 11) is -4.08. The van der Waals surface area contributed by atoms with Crippen molar-refractivity contribution in [1.82, 2.24) is 4.31 Å². The van der Waals surface area contributed by atoms with E-state index in [1.807, 2.05) is 0 Å². The van der Waals surface area contributed by atoms with E-state index in [2.05, 4.69) is 0 Å². The van der Waals surface area contributed by atoms with E-state index < -0.39 is 26.6 Å². The number of hydrogen-bond acceptors (Lipinski definition) is 3. The monoisotopic (exact) mass is 305 g/mol. The van der Waals surface area contributed by atoms with Gasteiger partial charge < -0.3 is 5.11 Å². The number of benzene rings is 1. The molecule has 1 aromatic rings. The van der Waals surface area contributed by atoms with Gasteiger partial charge in [0.25, 0.3) is 0 Å². The summed E-state index contributed by atoms with van der Waals surface area (Å²) in [5.74, 6) is -1.75. The smallest absolute Gasteiger partial charge is 0.246 e. The molecule has 1 atom stereocenters. The van der Waals surface area contributed by atoms with Crippen LogP contribution in [0.3, 0.4) is 0 Å². The van der Waals surface area contributed by atoms with Crippen molar-refractivity contribution in [2.24, 2.45) is 0 Å². The number of rotatable bonds is 4. The molecule has 1 unspecified atom stereocenters. The zero-order chi connectivity index (χ0) is 14.8. The van der Waals surface area contributed by atoms with Crippen molar-refractivity contribution in [2.75, 3.05) is 13.2 Å². The van der Waals surface area contributed by atoms with Gasteiger partial charge in [-0.2, -0.15) is 4.31 Å². The third-order valence-corrected chi connectivity index (χ3v) is 5.48. The Morgan fingerprint density at radius 3 is 2.75 bits per heavy atom. The molecule has 20 heavy (non-hydrogen) atoms. The quantitative estimate of drug-likeness (QED) is 0.924. The lowest BCUT2D eigenvalue weighted by Crippen LogP contribution is -2.44. The van der Waals surface area contributed by atoms with Gasteiger partial charge in [0, 0.05) is 19.2 Å². The van der Waals surface area contributed by atoms with Gasteiger partial charge in [0.05, 0.1) is 0 Å². The van der Waals surface area contributed by atoms with Crippen molar-refractivity contribution in [3.8, 4) is 0 Å². The molecule has 112 valence electrons. The van der Waals surface area contributed by atoms with E-state index in [1.54, 1.807) is 0 Å². The molecule has 1 saturated heterocycles. The Kier molecular flexibility index (Phi) is 4.72. The Morgan fingerprint density at radius 1 is 1.30 bits per heavy atom. The van der Waals surface area contributed by atoms with E-state index in [-0.39, 0.29) is 19.2 Å². The summed E-state index contributed by atoms with van der Waals surface area (Å²) in [6.07, 6.45) is 2.47. The lowest BCUT2D eigenvalue weighted by Gasteiger charge is -2.34. The Bertz CT molecular complexity index is 575. The van der Waals surface area contributed by atoms with Crippen LogP contribution in [0, 0.1) is 11.6 Å². The zero-order valence-electron chi connectivity index (χ0n) is 10.9. The van der Waals surface area contributed by atoms with Crippen LogP contribution in [-0.2, 0) is 10.0 Å². The molecule has 0 spiro atoms. The Hall–Kier alpha value is -1.05. The largest absolute Gasteiger partial charge is 0.396 e. The third-order valence-electron chi connectivity index (χ3n) is 3.52. The predicted octanol–water partition coefficient (Wildman–Crippen LogP) is 1.89. The fraction of sp³-hybridized carbons (Fsp3) is 0.538. The number of halogens is 2. The number of hydrogen-bond donors (Lipinski definition) is 1. The SMILES string of the molecule is O=S(=O)(c1cc(F)ccc1F)N1CCCCC1CCO. The zero-order valence-corrected chi connectivity index (χ0v) is 11.7. The fourth-order valence-electron chi connectivity index (χ4n) is 2.53. The molecule has 0 radical (unpaired) electrons. The summed E-state index contributed by atoms with van der Waals surface area (Å²) in [5.41, 5.74) is 0.